The Morgan fingerprint density at radius 2 is 1.89 bits per heavy atom. The lowest BCUT2D eigenvalue weighted by Gasteiger charge is -2.29. The highest BCUT2D eigenvalue weighted by Gasteiger charge is 2.36. The van der Waals surface area contributed by atoms with Crippen molar-refractivity contribution in [1.82, 2.24) is 14.8 Å². The maximum atomic E-state index is 13.6. The van der Waals surface area contributed by atoms with E-state index in [4.69, 9.17) is 19.3 Å². The number of anilines is 1. The van der Waals surface area contributed by atoms with E-state index in [2.05, 4.69) is 33.2 Å². The van der Waals surface area contributed by atoms with Crippen LogP contribution in [0.1, 0.15) is 51.3 Å². The first kappa shape index (κ1) is 27.1. The van der Waals surface area contributed by atoms with Crippen LogP contribution in [0.4, 0.5) is 5.95 Å². The second-order valence-electron chi connectivity index (χ2n) is 8.33. The van der Waals surface area contributed by atoms with Crippen LogP contribution in [0.2, 0.25) is 0 Å². The fraction of sp³-hybridized carbons (Fsp3) is 0.370. The molecule has 3 aromatic rings. The number of rotatable bonds is 11. The molecule has 0 saturated heterocycles. The summed E-state index contributed by atoms with van der Waals surface area (Å²) in [5.41, 5.74) is 2.83. The van der Waals surface area contributed by atoms with E-state index in [1.54, 1.807) is 16.4 Å². The summed E-state index contributed by atoms with van der Waals surface area (Å²) in [7, 11) is 0. The summed E-state index contributed by atoms with van der Waals surface area (Å²) in [5.74, 6) is 2.25. The Balaban J connectivity index is 1.78. The number of hydrogen-bond acceptors (Lipinski definition) is 8. The second kappa shape index (κ2) is 12.5. The number of allylic oxidation sites excluding steroid dienone is 1. The lowest BCUT2D eigenvalue weighted by atomic mass is 9.95. The van der Waals surface area contributed by atoms with Gasteiger partial charge < -0.3 is 19.5 Å². The Bertz CT molecular complexity index is 1280. The first-order valence-electron chi connectivity index (χ1n) is 12.3. The van der Waals surface area contributed by atoms with Gasteiger partial charge in [-0.15, -0.1) is 5.10 Å². The van der Waals surface area contributed by atoms with Crippen molar-refractivity contribution >= 4 is 39.6 Å². The molecule has 8 nitrogen and oxygen atoms in total. The number of nitrogens with zero attached hydrogens (tertiary/aromatic N) is 3. The summed E-state index contributed by atoms with van der Waals surface area (Å²) >= 11 is 5.23. The van der Waals surface area contributed by atoms with E-state index in [9.17, 15) is 4.79 Å². The maximum absolute atomic E-state index is 13.6. The summed E-state index contributed by atoms with van der Waals surface area (Å²) in [5, 5.41) is 8.68. The molecular weight excluding hydrogens is 556 g/mol. The van der Waals surface area contributed by atoms with Crippen LogP contribution in [-0.2, 0) is 16.1 Å². The van der Waals surface area contributed by atoms with Crippen molar-refractivity contribution < 1.29 is 19.0 Å². The minimum Gasteiger partial charge on any atom is -0.490 e. The largest absolute Gasteiger partial charge is 0.490 e. The fourth-order valence-electron chi connectivity index (χ4n) is 4.05. The second-order valence-corrected chi connectivity index (χ2v) is 10.3. The lowest BCUT2D eigenvalue weighted by molar-refractivity contribution is -0.140. The molecule has 10 heteroatoms. The number of halogens is 1. The molecule has 1 atom stereocenters. The zero-order valence-electron chi connectivity index (χ0n) is 21.4. The number of carbonyl (C=O) groups is 1. The number of hydrogen-bond donors (Lipinski definition) is 1. The third-order valence-corrected chi connectivity index (χ3v) is 7.27. The first-order valence-corrected chi connectivity index (χ1v) is 14.1. The van der Waals surface area contributed by atoms with Crippen LogP contribution < -0.4 is 14.8 Å². The Morgan fingerprint density at radius 3 is 2.59 bits per heavy atom. The molecule has 0 amide bonds. The molecule has 4 rings (SSSR count). The fourth-order valence-corrected chi connectivity index (χ4v) is 5.31. The number of fused-ring (bicyclic) bond motifs is 1. The molecule has 0 spiro atoms. The smallest absolute Gasteiger partial charge is 0.338 e. The molecule has 0 radical (unpaired) electrons. The van der Waals surface area contributed by atoms with Crippen LogP contribution in [-0.4, -0.2) is 39.7 Å². The Labute approximate surface area is 229 Å². The molecule has 1 aromatic heterocycles. The van der Waals surface area contributed by atoms with Gasteiger partial charge in [0.25, 0.3) is 0 Å². The molecule has 1 aliphatic heterocycles. The van der Waals surface area contributed by atoms with Gasteiger partial charge >= 0.3 is 5.97 Å². The first-order chi connectivity index (χ1) is 18.0. The molecule has 2 heterocycles. The average Bonchev–Trinajstić information content (AvgIpc) is 3.30. The topological polar surface area (TPSA) is 87.5 Å². The highest BCUT2D eigenvalue weighted by atomic mass is 79.9. The third kappa shape index (κ3) is 6.13. The number of nitrogens with one attached hydrogen (secondary N) is 1. The molecule has 0 saturated carbocycles. The summed E-state index contributed by atoms with van der Waals surface area (Å²) in [4.78, 5) is 18.2. The van der Waals surface area contributed by atoms with Crippen LogP contribution in [0.15, 0.2) is 63.4 Å². The van der Waals surface area contributed by atoms with Crippen molar-refractivity contribution in [1.29, 1.82) is 0 Å². The van der Waals surface area contributed by atoms with Crippen molar-refractivity contribution in [2.75, 3.05) is 24.3 Å². The van der Waals surface area contributed by atoms with E-state index in [1.165, 1.54) is 0 Å². The van der Waals surface area contributed by atoms with E-state index in [0.29, 0.717) is 47.1 Å². The Hall–Kier alpha value is -2.98. The maximum Gasteiger partial charge on any atom is 0.338 e. The molecule has 1 N–H and O–H groups in total. The van der Waals surface area contributed by atoms with Gasteiger partial charge in [-0.2, -0.15) is 4.98 Å². The van der Waals surface area contributed by atoms with Gasteiger partial charge in [0.2, 0.25) is 11.1 Å². The van der Waals surface area contributed by atoms with Crippen LogP contribution in [0, 0.1) is 0 Å². The number of aromatic nitrogens is 3. The minimum atomic E-state index is -0.575. The van der Waals surface area contributed by atoms with Crippen LogP contribution in [0.25, 0.3) is 0 Å². The van der Waals surface area contributed by atoms with Gasteiger partial charge in [-0.05, 0) is 66.4 Å². The number of benzene rings is 2. The zero-order valence-corrected chi connectivity index (χ0v) is 23.8. The van der Waals surface area contributed by atoms with Gasteiger partial charge in [0, 0.05) is 11.4 Å². The SMILES string of the molecule is CCCSc1nc2n(n1)C(c1cc(Br)c(OCC)c(OCC)c1)C(C(=O)OCc1ccccc1)=C(C)N2. The molecule has 37 heavy (non-hydrogen) atoms. The van der Waals surface area contributed by atoms with Gasteiger partial charge in [-0.25, -0.2) is 9.48 Å². The van der Waals surface area contributed by atoms with Crippen LogP contribution in [0.3, 0.4) is 0 Å². The van der Waals surface area contributed by atoms with Crippen molar-refractivity contribution in [2.45, 2.75) is 51.9 Å². The molecule has 2 aromatic carbocycles. The average molecular weight is 588 g/mol. The highest BCUT2D eigenvalue weighted by Crippen LogP contribution is 2.43. The van der Waals surface area contributed by atoms with Crippen LogP contribution in [0.5, 0.6) is 11.5 Å². The Kier molecular flexibility index (Phi) is 9.15. The molecule has 0 aliphatic carbocycles. The lowest BCUT2D eigenvalue weighted by Crippen LogP contribution is -2.29. The number of esters is 1. The van der Waals surface area contributed by atoms with Crippen molar-refractivity contribution in [3.05, 3.63) is 69.3 Å². The number of thioether (sulfide) groups is 1. The van der Waals surface area contributed by atoms with Crippen LogP contribution >= 0.6 is 27.7 Å². The van der Waals surface area contributed by atoms with E-state index < -0.39 is 12.0 Å². The van der Waals surface area contributed by atoms with Crippen molar-refractivity contribution in [2.24, 2.45) is 0 Å². The molecule has 0 fully saturated rings. The normalized spacial score (nSPS) is 14.7. The summed E-state index contributed by atoms with van der Waals surface area (Å²) in [6, 6.07) is 12.9. The highest BCUT2D eigenvalue weighted by molar-refractivity contribution is 9.10. The Morgan fingerprint density at radius 1 is 1.14 bits per heavy atom. The molecule has 1 unspecified atom stereocenters. The molecular formula is C27H31BrN4O4S. The van der Waals surface area contributed by atoms with Crippen molar-refractivity contribution in [3.63, 3.8) is 0 Å². The van der Waals surface area contributed by atoms with E-state index in [0.717, 1.165) is 27.8 Å². The minimum absolute atomic E-state index is 0.169. The molecule has 196 valence electrons. The summed E-state index contributed by atoms with van der Waals surface area (Å²) < 4.78 is 20.0. The van der Waals surface area contributed by atoms with E-state index >= 15 is 0 Å². The van der Waals surface area contributed by atoms with Gasteiger partial charge in [-0.3, -0.25) is 0 Å². The summed E-state index contributed by atoms with van der Waals surface area (Å²) in [6.07, 6.45) is 1.00. The van der Waals surface area contributed by atoms with Crippen molar-refractivity contribution in [3.8, 4) is 11.5 Å². The predicted molar refractivity (Wildman–Crippen MR) is 148 cm³/mol. The third-order valence-electron chi connectivity index (χ3n) is 5.64. The number of ether oxygens (including phenoxy) is 3. The molecule has 1 aliphatic rings. The van der Waals surface area contributed by atoms with E-state index in [-0.39, 0.29) is 6.61 Å². The van der Waals surface area contributed by atoms with E-state index in [1.807, 2.05) is 63.2 Å². The van der Waals surface area contributed by atoms with Gasteiger partial charge in [0.05, 0.1) is 23.3 Å². The quantitative estimate of drug-likeness (QED) is 0.205. The van der Waals surface area contributed by atoms with Gasteiger partial charge in [0.15, 0.2) is 11.5 Å². The number of carbonyl (C=O) groups excluding carboxylic acids is 1. The van der Waals surface area contributed by atoms with Gasteiger partial charge in [0.1, 0.15) is 12.6 Å². The standard InChI is InChI=1S/C27H31BrN4O4S/c1-5-13-37-27-30-26-29-17(4)22(25(33)36-16-18-11-9-8-10-12-18)23(32(26)31-27)19-14-20(28)24(35-7-3)21(15-19)34-6-2/h8-12,14-15,23H,5-7,13,16H2,1-4H3,(H,29,30,31). The molecule has 0 bridgehead atoms. The zero-order chi connectivity index (χ0) is 26.4. The van der Waals surface area contributed by atoms with Gasteiger partial charge in [-0.1, -0.05) is 49.0 Å². The summed E-state index contributed by atoms with van der Waals surface area (Å²) in [6.45, 7) is 8.95. The monoisotopic (exact) mass is 586 g/mol. The predicted octanol–water partition coefficient (Wildman–Crippen LogP) is 6.37.